The van der Waals surface area contributed by atoms with Gasteiger partial charge in [0, 0.05) is 18.2 Å². The number of likely N-dealkylation sites (tertiary alicyclic amines) is 1. The molecule has 0 spiro atoms. The molecule has 2 aromatic rings. The molecule has 1 aliphatic heterocycles. The molecular weight excluding hydrogens is 372 g/mol. The van der Waals surface area contributed by atoms with Crippen LogP contribution in [0, 0.1) is 5.92 Å². The fourth-order valence-electron chi connectivity index (χ4n) is 3.87. The zero-order chi connectivity index (χ0) is 21.3. The van der Waals surface area contributed by atoms with Crippen LogP contribution in [0.5, 0.6) is 5.75 Å². The quantitative estimate of drug-likeness (QED) is 0.617. The first-order valence-corrected chi connectivity index (χ1v) is 11.4. The van der Waals surface area contributed by atoms with Crippen LogP contribution in [0.2, 0.25) is 0 Å². The average Bonchev–Trinajstić information content (AvgIpc) is 2.78. The molecule has 0 radical (unpaired) electrons. The minimum atomic E-state index is -0.0410. The summed E-state index contributed by atoms with van der Waals surface area (Å²) in [4.78, 5) is 15.0. The van der Waals surface area contributed by atoms with Gasteiger partial charge in [0.15, 0.2) is 0 Å². The van der Waals surface area contributed by atoms with Crippen molar-refractivity contribution in [2.24, 2.45) is 5.92 Å². The Morgan fingerprint density at radius 2 is 1.63 bits per heavy atom. The molecular formula is C26H36N2O2. The first-order valence-electron chi connectivity index (χ1n) is 11.4. The first kappa shape index (κ1) is 22.4. The standard InChI is InChI=1S/C26H36N2O2/c1-20(2)19-30-25-13-11-24(12-14-25)26(29)27-16-15-22-7-9-23(10-8-22)21(3)28-17-5-4-6-18-28/h7-14,20-21H,4-6,15-19H2,1-3H3,(H,27,29). The second-order valence-corrected chi connectivity index (χ2v) is 8.75. The molecule has 1 unspecified atom stereocenters. The van der Waals surface area contributed by atoms with Crippen LogP contribution in [0.4, 0.5) is 0 Å². The van der Waals surface area contributed by atoms with Crippen molar-refractivity contribution in [1.29, 1.82) is 0 Å². The van der Waals surface area contributed by atoms with Gasteiger partial charge in [-0.05, 0) is 80.6 Å². The minimum absolute atomic E-state index is 0.0410. The molecule has 0 aromatic heterocycles. The summed E-state index contributed by atoms with van der Waals surface area (Å²) in [6.07, 6.45) is 4.83. The molecule has 1 fully saturated rings. The number of carbonyl (C=O) groups is 1. The Morgan fingerprint density at radius 3 is 2.27 bits per heavy atom. The smallest absolute Gasteiger partial charge is 0.251 e. The van der Waals surface area contributed by atoms with E-state index in [1.807, 2.05) is 24.3 Å². The minimum Gasteiger partial charge on any atom is -0.493 e. The van der Waals surface area contributed by atoms with Crippen LogP contribution in [0.15, 0.2) is 48.5 Å². The molecule has 1 atom stereocenters. The number of nitrogens with zero attached hydrogens (tertiary/aromatic N) is 1. The summed E-state index contributed by atoms with van der Waals surface area (Å²) < 4.78 is 5.67. The van der Waals surface area contributed by atoms with Crippen LogP contribution >= 0.6 is 0 Å². The number of benzene rings is 2. The van der Waals surface area contributed by atoms with Crippen LogP contribution < -0.4 is 10.1 Å². The van der Waals surface area contributed by atoms with E-state index in [-0.39, 0.29) is 5.91 Å². The van der Waals surface area contributed by atoms with E-state index < -0.39 is 0 Å². The molecule has 3 rings (SSSR count). The Labute approximate surface area is 181 Å². The van der Waals surface area contributed by atoms with Crippen molar-refractivity contribution in [2.75, 3.05) is 26.2 Å². The van der Waals surface area contributed by atoms with Gasteiger partial charge in [0.2, 0.25) is 0 Å². The van der Waals surface area contributed by atoms with Crippen LogP contribution in [-0.2, 0) is 6.42 Å². The fourth-order valence-corrected chi connectivity index (χ4v) is 3.87. The maximum absolute atomic E-state index is 12.4. The number of carbonyl (C=O) groups excluding carboxylic acids is 1. The van der Waals surface area contributed by atoms with Crippen molar-refractivity contribution >= 4 is 5.91 Å². The van der Waals surface area contributed by atoms with Gasteiger partial charge in [-0.3, -0.25) is 9.69 Å². The number of rotatable bonds is 9. The van der Waals surface area contributed by atoms with E-state index in [1.54, 1.807) is 0 Å². The summed E-state index contributed by atoms with van der Waals surface area (Å²) in [6, 6.07) is 16.7. The van der Waals surface area contributed by atoms with Gasteiger partial charge >= 0.3 is 0 Å². The van der Waals surface area contributed by atoms with E-state index in [0.29, 0.717) is 30.7 Å². The van der Waals surface area contributed by atoms with E-state index in [0.717, 1.165) is 12.2 Å². The van der Waals surface area contributed by atoms with E-state index in [1.165, 1.54) is 43.5 Å². The van der Waals surface area contributed by atoms with Crippen molar-refractivity contribution in [3.8, 4) is 5.75 Å². The lowest BCUT2D eigenvalue weighted by atomic mass is 10.0. The SMILES string of the molecule is CC(C)COc1ccc(C(=O)NCCc2ccc(C(C)N3CCCCC3)cc2)cc1. The van der Waals surface area contributed by atoms with Gasteiger partial charge < -0.3 is 10.1 Å². The van der Waals surface area contributed by atoms with Crippen molar-refractivity contribution in [3.05, 3.63) is 65.2 Å². The van der Waals surface area contributed by atoms with Crippen molar-refractivity contribution < 1.29 is 9.53 Å². The Balaban J connectivity index is 1.43. The lowest BCUT2D eigenvalue weighted by Crippen LogP contribution is -2.32. The predicted molar refractivity (Wildman–Crippen MR) is 123 cm³/mol. The summed E-state index contributed by atoms with van der Waals surface area (Å²) in [7, 11) is 0. The van der Waals surface area contributed by atoms with Gasteiger partial charge in [0.1, 0.15) is 5.75 Å². The average molecular weight is 409 g/mol. The maximum atomic E-state index is 12.4. The Kier molecular flexibility index (Phi) is 8.32. The zero-order valence-electron chi connectivity index (χ0n) is 18.7. The molecule has 1 saturated heterocycles. The second-order valence-electron chi connectivity index (χ2n) is 8.75. The highest BCUT2D eigenvalue weighted by atomic mass is 16.5. The molecule has 4 nitrogen and oxygen atoms in total. The van der Waals surface area contributed by atoms with Crippen LogP contribution in [0.1, 0.15) is 67.6 Å². The van der Waals surface area contributed by atoms with Crippen molar-refractivity contribution in [2.45, 2.75) is 52.5 Å². The lowest BCUT2D eigenvalue weighted by Gasteiger charge is -2.32. The van der Waals surface area contributed by atoms with Crippen molar-refractivity contribution in [3.63, 3.8) is 0 Å². The third kappa shape index (κ3) is 6.60. The number of hydrogen-bond acceptors (Lipinski definition) is 3. The number of nitrogens with one attached hydrogen (secondary N) is 1. The first-order chi connectivity index (χ1) is 14.5. The Bertz CT molecular complexity index is 778. The normalized spacial score (nSPS) is 15.7. The predicted octanol–water partition coefficient (Wildman–Crippen LogP) is 5.24. The topological polar surface area (TPSA) is 41.6 Å². The maximum Gasteiger partial charge on any atom is 0.251 e. The third-order valence-corrected chi connectivity index (χ3v) is 5.80. The number of piperidine rings is 1. The van der Waals surface area contributed by atoms with Crippen LogP contribution in [0.25, 0.3) is 0 Å². The highest BCUT2D eigenvalue weighted by molar-refractivity contribution is 5.94. The molecule has 1 N–H and O–H groups in total. The monoisotopic (exact) mass is 408 g/mol. The third-order valence-electron chi connectivity index (χ3n) is 5.80. The highest BCUT2D eigenvalue weighted by Crippen LogP contribution is 2.24. The Morgan fingerprint density at radius 1 is 0.967 bits per heavy atom. The molecule has 30 heavy (non-hydrogen) atoms. The van der Waals surface area contributed by atoms with Gasteiger partial charge in [-0.1, -0.05) is 44.5 Å². The molecule has 2 aromatic carbocycles. The second kappa shape index (κ2) is 11.2. The molecule has 0 bridgehead atoms. The van der Waals surface area contributed by atoms with Gasteiger partial charge in [0.05, 0.1) is 6.61 Å². The number of ether oxygens (including phenoxy) is 1. The van der Waals surface area contributed by atoms with Gasteiger partial charge in [0.25, 0.3) is 5.91 Å². The largest absolute Gasteiger partial charge is 0.493 e. The fraction of sp³-hybridized carbons (Fsp3) is 0.500. The summed E-state index contributed by atoms with van der Waals surface area (Å²) in [6.45, 7) is 10.3. The number of amides is 1. The van der Waals surface area contributed by atoms with Crippen LogP contribution in [0.3, 0.4) is 0 Å². The Hall–Kier alpha value is -2.33. The van der Waals surface area contributed by atoms with E-state index in [9.17, 15) is 4.79 Å². The van der Waals surface area contributed by atoms with Gasteiger partial charge in [-0.2, -0.15) is 0 Å². The lowest BCUT2D eigenvalue weighted by molar-refractivity contribution is 0.0954. The summed E-state index contributed by atoms with van der Waals surface area (Å²) in [5.41, 5.74) is 3.30. The van der Waals surface area contributed by atoms with E-state index in [4.69, 9.17) is 4.74 Å². The molecule has 4 heteroatoms. The summed E-state index contributed by atoms with van der Waals surface area (Å²) >= 11 is 0. The molecule has 162 valence electrons. The van der Waals surface area contributed by atoms with E-state index in [2.05, 4.69) is 55.3 Å². The molecule has 0 aliphatic carbocycles. The van der Waals surface area contributed by atoms with E-state index >= 15 is 0 Å². The summed E-state index contributed by atoms with van der Waals surface area (Å²) in [5, 5.41) is 3.02. The molecule has 0 saturated carbocycles. The van der Waals surface area contributed by atoms with Gasteiger partial charge in [-0.15, -0.1) is 0 Å². The highest BCUT2D eigenvalue weighted by Gasteiger charge is 2.17. The molecule has 1 aliphatic rings. The van der Waals surface area contributed by atoms with Crippen LogP contribution in [-0.4, -0.2) is 37.0 Å². The molecule has 1 amide bonds. The molecule has 1 heterocycles. The number of hydrogen-bond donors (Lipinski definition) is 1. The van der Waals surface area contributed by atoms with Gasteiger partial charge in [-0.25, -0.2) is 0 Å². The summed E-state index contributed by atoms with van der Waals surface area (Å²) in [5.74, 6) is 1.25. The van der Waals surface area contributed by atoms with Crippen molar-refractivity contribution in [1.82, 2.24) is 10.2 Å². The zero-order valence-corrected chi connectivity index (χ0v) is 18.7.